The van der Waals surface area contributed by atoms with E-state index in [0.29, 0.717) is 12.2 Å². The maximum Gasteiger partial charge on any atom is 0.246 e. The van der Waals surface area contributed by atoms with Crippen molar-refractivity contribution in [1.82, 2.24) is 60.5 Å². The predicted molar refractivity (Wildman–Crippen MR) is 383 cm³/mol. The number of carbonyl (C=O) groups excluding carboxylic acids is 11. The molecule has 0 aromatic carbocycles. The number of carbonyl (C=O) groups is 11. The number of thioether (sulfide) groups is 1. The second-order valence-electron chi connectivity index (χ2n) is 29.3. The standard InChI is InChI=1S/C71H130N12O13S/c1-28-32-34-47(15)59(84)58-63(88)74-50(29-2)65(90)80(24)55(41-97-36-33-35-83(30-3)31-4)68(93)79(23)54(40-71(18,19)96-27)62(87)75-56(45(11)12)69(94)76(20)51(37-42(5)6)61(86)72-48(16)60(85)73-49(17)64(89)77(21)52(38-43(7)8)66(91)78(22)53(39-44(9)10)67(92)81(25)57(46(13)14)70(95)82(58)26/h28,32,42-59,84H,29-31,33-41H2,1-27H3,(H,72,86)(H,73,85)(H,74,88)(H,75,87)/t47-,48+,49-,50+,51+,52+,53+,54+,55-,56+,57+,58+,59-/m1/s1. The Morgan fingerprint density at radius 2 is 0.969 bits per heavy atom. The molecule has 1 rings (SSSR count). The van der Waals surface area contributed by atoms with Crippen LogP contribution in [-0.4, -0.2) is 275 Å². The van der Waals surface area contributed by atoms with Gasteiger partial charge in [-0.25, -0.2) is 0 Å². The fourth-order valence-corrected chi connectivity index (χ4v) is 13.3. The number of aliphatic hydroxyl groups is 1. The van der Waals surface area contributed by atoms with E-state index in [-0.39, 0.29) is 55.6 Å². The van der Waals surface area contributed by atoms with Crippen molar-refractivity contribution < 1.29 is 62.6 Å². The molecule has 1 heterocycles. The minimum Gasteiger partial charge on any atom is -0.390 e. The van der Waals surface area contributed by atoms with Gasteiger partial charge < -0.3 is 70.3 Å². The quantitative estimate of drug-likeness (QED) is 0.0636. The van der Waals surface area contributed by atoms with E-state index in [1.807, 2.05) is 54.5 Å². The molecule has 0 radical (unpaired) electrons. The molecule has 0 aliphatic carbocycles. The van der Waals surface area contributed by atoms with E-state index in [4.69, 9.17) is 4.74 Å². The van der Waals surface area contributed by atoms with Crippen LogP contribution >= 0.6 is 11.8 Å². The molecule has 0 bridgehead atoms. The van der Waals surface area contributed by atoms with Crippen LogP contribution in [0.1, 0.15) is 176 Å². The van der Waals surface area contributed by atoms with Gasteiger partial charge in [-0.2, -0.15) is 11.8 Å². The summed E-state index contributed by atoms with van der Waals surface area (Å²) in [6.45, 7) is 36.4. The summed E-state index contributed by atoms with van der Waals surface area (Å²) in [6, 6.07) is -14.1. The molecule has 1 aliphatic rings. The largest absolute Gasteiger partial charge is 0.390 e. The molecule has 13 atom stereocenters. The molecule has 1 aliphatic heterocycles. The van der Waals surface area contributed by atoms with Crippen LogP contribution in [-0.2, 0) is 57.5 Å². The molecule has 0 spiro atoms. The number of nitrogens with zero attached hydrogens (tertiary/aromatic N) is 8. The third kappa shape index (κ3) is 26.0. The Morgan fingerprint density at radius 3 is 1.44 bits per heavy atom. The normalized spacial score (nSPS) is 26.0. The molecular formula is C71H130N12O13S. The summed E-state index contributed by atoms with van der Waals surface area (Å²) in [6.07, 6.45) is 3.46. The number of amides is 11. The highest BCUT2D eigenvalue weighted by atomic mass is 32.2. The first-order valence-electron chi connectivity index (χ1n) is 35.2. The number of hydrogen-bond donors (Lipinski definition) is 5. The molecule has 0 aromatic heterocycles. The highest BCUT2D eigenvalue weighted by molar-refractivity contribution is 7.99. The van der Waals surface area contributed by atoms with Gasteiger partial charge in [0, 0.05) is 68.6 Å². The van der Waals surface area contributed by atoms with Gasteiger partial charge in [0.05, 0.1) is 11.7 Å². The number of methoxy groups -OCH3 is 1. The van der Waals surface area contributed by atoms with Gasteiger partial charge in [-0.1, -0.05) is 109 Å². The number of rotatable bonds is 24. The van der Waals surface area contributed by atoms with Crippen molar-refractivity contribution in [2.75, 3.05) is 87.6 Å². The van der Waals surface area contributed by atoms with Gasteiger partial charge in [0.25, 0.3) is 0 Å². The fraction of sp³-hybridized carbons (Fsp3) is 0.817. The molecule has 1 saturated heterocycles. The highest BCUT2D eigenvalue weighted by Gasteiger charge is 2.47. The van der Waals surface area contributed by atoms with Crippen LogP contribution < -0.4 is 21.3 Å². The number of hydrogen-bond acceptors (Lipinski definition) is 15. The third-order valence-electron chi connectivity index (χ3n) is 18.9. The average molecular weight is 1390 g/mol. The van der Waals surface area contributed by atoms with E-state index in [1.54, 1.807) is 61.5 Å². The van der Waals surface area contributed by atoms with Crippen LogP contribution in [0.25, 0.3) is 0 Å². The number of nitrogens with one attached hydrogen (secondary N) is 4. The van der Waals surface area contributed by atoms with Crippen LogP contribution in [0, 0.1) is 35.5 Å². The highest BCUT2D eigenvalue weighted by Crippen LogP contribution is 2.27. The van der Waals surface area contributed by atoms with Crippen LogP contribution in [0.2, 0.25) is 0 Å². The second kappa shape index (κ2) is 41.6. The first-order chi connectivity index (χ1) is 45.0. The van der Waals surface area contributed by atoms with Gasteiger partial charge in [0.15, 0.2) is 0 Å². The molecule has 0 saturated carbocycles. The Balaban J connectivity index is 4.61. The lowest BCUT2D eigenvalue weighted by Gasteiger charge is -2.41. The van der Waals surface area contributed by atoms with Gasteiger partial charge in [-0.3, -0.25) is 52.7 Å². The number of ether oxygens (including phenoxy) is 1. The topological polar surface area (TPSA) is 291 Å². The van der Waals surface area contributed by atoms with Crippen LogP contribution in [0.4, 0.5) is 0 Å². The van der Waals surface area contributed by atoms with E-state index in [9.17, 15) is 24.3 Å². The first-order valence-corrected chi connectivity index (χ1v) is 36.3. The SMILES string of the molecule is CC=CC[C@@H](C)[C@@H](O)[C@H]1C(=O)N[C@@H](CC)C(=O)N(C)[C@H](CSCCCN(CC)CC)C(=O)N(C)[C@@H](CC(C)(C)OC)C(=O)N[C@@H](C(C)C)C(=O)N(C)[C@@H](CC(C)C)C(=O)N[C@@H](C)C(=O)N[C@H](C)C(=O)N(C)[C@@H](CC(C)C)C(=O)N(C)[C@@H](CC(C)C)C(=O)N(C)[C@@H](C(C)C)C(=O)N1C. The number of aliphatic hydroxyl groups excluding tert-OH is 1. The summed E-state index contributed by atoms with van der Waals surface area (Å²) in [5.74, 6) is -9.22. The molecule has 558 valence electrons. The zero-order valence-electron chi connectivity index (χ0n) is 64.4. The average Bonchev–Trinajstić information content (AvgIpc) is 0.815. The van der Waals surface area contributed by atoms with Crippen LogP contribution in [0.15, 0.2) is 12.2 Å². The zero-order chi connectivity index (χ0) is 75.0. The monoisotopic (exact) mass is 1390 g/mol. The maximum atomic E-state index is 15.5. The van der Waals surface area contributed by atoms with E-state index in [0.717, 1.165) is 31.0 Å². The summed E-state index contributed by atoms with van der Waals surface area (Å²) in [4.78, 5) is 176. The number of allylic oxidation sites excluding steroid dienone is 2. The summed E-state index contributed by atoms with van der Waals surface area (Å²) < 4.78 is 5.86. The van der Waals surface area contributed by atoms with Gasteiger partial charge in [0.1, 0.15) is 66.5 Å². The molecule has 11 amide bonds. The smallest absolute Gasteiger partial charge is 0.246 e. The molecule has 5 N–H and O–H groups in total. The van der Waals surface area contributed by atoms with E-state index in [1.165, 1.54) is 111 Å². The van der Waals surface area contributed by atoms with Gasteiger partial charge in [-0.05, 0) is 134 Å². The lowest BCUT2D eigenvalue weighted by Crippen LogP contribution is -2.64. The summed E-state index contributed by atoms with van der Waals surface area (Å²) in [7, 11) is 11.5. The molecule has 26 heteroatoms. The van der Waals surface area contributed by atoms with Gasteiger partial charge >= 0.3 is 0 Å². The fourth-order valence-electron chi connectivity index (χ4n) is 12.2. The predicted octanol–water partition coefficient (Wildman–Crippen LogP) is 4.87. The lowest BCUT2D eigenvalue weighted by atomic mass is 9.91. The van der Waals surface area contributed by atoms with Crippen molar-refractivity contribution in [1.29, 1.82) is 0 Å². The first kappa shape index (κ1) is 89.2. The Bertz CT molecular complexity index is 2620. The molecule has 97 heavy (non-hydrogen) atoms. The summed E-state index contributed by atoms with van der Waals surface area (Å²) >= 11 is 1.44. The van der Waals surface area contributed by atoms with E-state index in [2.05, 4.69) is 40.0 Å². The summed E-state index contributed by atoms with van der Waals surface area (Å²) in [5.41, 5.74) is -1.04. The Morgan fingerprint density at radius 1 is 0.526 bits per heavy atom. The van der Waals surface area contributed by atoms with Gasteiger partial charge in [0.2, 0.25) is 65.0 Å². The van der Waals surface area contributed by atoms with Crippen molar-refractivity contribution in [2.24, 2.45) is 35.5 Å². The third-order valence-corrected chi connectivity index (χ3v) is 20.0. The van der Waals surface area contributed by atoms with E-state index >= 15 is 33.6 Å². The van der Waals surface area contributed by atoms with Crippen LogP contribution in [0.5, 0.6) is 0 Å². The van der Waals surface area contributed by atoms with Crippen molar-refractivity contribution in [2.45, 2.75) is 255 Å². The number of likely N-dealkylation sites (N-methyl/N-ethyl adjacent to an activating group) is 7. The minimum absolute atomic E-state index is 0.00648. The Hall–Kier alpha value is -5.86. The van der Waals surface area contributed by atoms with Crippen molar-refractivity contribution in [3.63, 3.8) is 0 Å². The minimum atomic E-state index is -1.65. The second-order valence-corrected chi connectivity index (χ2v) is 30.5. The molecule has 0 aromatic rings. The molecule has 0 unspecified atom stereocenters. The van der Waals surface area contributed by atoms with Crippen molar-refractivity contribution >= 4 is 76.7 Å². The van der Waals surface area contributed by atoms with Crippen molar-refractivity contribution in [3.05, 3.63) is 12.2 Å². The zero-order valence-corrected chi connectivity index (χ0v) is 65.2. The summed E-state index contributed by atoms with van der Waals surface area (Å²) in [5, 5.41) is 23.6. The maximum absolute atomic E-state index is 15.5. The Kier molecular flexibility index (Phi) is 38.3. The van der Waals surface area contributed by atoms with Crippen LogP contribution in [0.3, 0.4) is 0 Å². The molecule has 1 fully saturated rings. The van der Waals surface area contributed by atoms with E-state index < -0.39 is 161 Å². The van der Waals surface area contributed by atoms with Crippen molar-refractivity contribution in [3.8, 4) is 0 Å². The molecule has 25 nitrogen and oxygen atoms in total. The lowest BCUT2D eigenvalue weighted by molar-refractivity contribution is -0.157. The van der Waals surface area contributed by atoms with Gasteiger partial charge in [-0.15, -0.1) is 0 Å². The molecular weight excluding hydrogens is 1260 g/mol. The Labute approximate surface area is 587 Å².